The lowest BCUT2D eigenvalue weighted by Crippen LogP contribution is -2.41. The van der Waals surface area contributed by atoms with Gasteiger partial charge in [0.2, 0.25) is 11.8 Å². The number of amides is 3. The third-order valence-electron chi connectivity index (χ3n) is 3.78. The average molecular weight is 404 g/mol. The van der Waals surface area contributed by atoms with Crippen molar-refractivity contribution < 1.29 is 19.1 Å². The van der Waals surface area contributed by atoms with Crippen LogP contribution in [0.2, 0.25) is 5.02 Å². The van der Waals surface area contributed by atoms with E-state index in [2.05, 4.69) is 10.6 Å². The van der Waals surface area contributed by atoms with E-state index in [9.17, 15) is 14.4 Å². The van der Waals surface area contributed by atoms with Gasteiger partial charge in [0, 0.05) is 12.6 Å². The number of halogens is 1. The third-order valence-corrected chi connectivity index (χ3v) is 4.11. The minimum atomic E-state index is -0.395. The minimum absolute atomic E-state index is 0.164. The highest BCUT2D eigenvalue weighted by Gasteiger charge is 2.15. The monoisotopic (exact) mass is 403 g/mol. The standard InChI is InChI=1S/C20H22ClN3O4/c1-3-28-15-10-8-14(9-11-15)20(27)22-12-19(26)24(2)13-18(25)23-17-7-5-4-6-16(17)21/h4-11H,3,12-13H2,1-2H3,(H,22,27)(H,23,25). The summed E-state index contributed by atoms with van der Waals surface area (Å²) in [5, 5.41) is 5.59. The van der Waals surface area contributed by atoms with Crippen molar-refractivity contribution in [3.8, 4) is 5.75 Å². The van der Waals surface area contributed by atoms with Crippen molar-refractivity contribution in [3.05, 3.63) is 59.1 Å². The second-order valence-electron chi connectivity index (χ2n) is 5.92. The van der Waals surface area contributed by atoms with Crippen LogP contribution in [0, 0.1) is 0 Å². The summed E-state index contributed by atoms with van der Waals surface area (Å²) in [6, 6.07) is 13.4. The molecular formula is C20H22ClN3O4. The molecule has 0 saturated carbocycles. The van der Waals surface area contributed by atoms with Gasteiger partial charge in [0.05, 0.1) is 30.4 Å². The van der Waals surface area contributed by atoms with E-state index in [-0.39, 0.29) is 24.9 Å². The molecule has 148 valence electrons. The molecule has 0 spiro atoms. The van der Waals surface area contributed by atoms with Crippen LogP contribution in [0.25, 0.3) is 0 Å². The highest BCUT2D eigenvalue weighted by molar-refractivity contribution is 6.33. The number of hydrogen-bond acceptors (Lipinski definition) is 4. The Bertz CT molecular complexity index is 840. The summed E-state index contributed by atoms with van der Waals surface area (Å²) < 4.78 is 5.32. The zero-order valence-corrected chi connectivity index (χ0v) is 16.5. The maximum Gasteiger partial charge on any atom is 0.251 e. The number of likely N-dealkylation sites (N-methyl/N-ethyl adjacent to an activating group) is 1. The van der Waals surface area contributed by atoms with E-state index in [4.69, 9.17) is 16.3 Å². The number of nitrogens with zero attached hydrogens (tertiary/aromatic N) is 1. The lowest BCUT2D eigenvalue weighted by atomic mass is 10.2. The highest BCUT2D eigenvalue weighted by Crippen LogP contribution is 2.20. The van der Waals surface area contributed by atoms with Crippen molar-refractivity contribution in [2.24, 2.45) is 0 Å². The first-order valence-electron chi connectivity index (χ1n) is 8.70. The number of carbonyl (C=O) groups excluding carboxylic acids is 3. The van der Waals surface area contributed by atoms with Crippen molar-refractivity contribution >= 4 is 35.0 Å². The molecule has 2 aromatic carbocycles. The molecule has 2 N–H and O–H groups in total. The molecule has 28 heavy (non-hydrogen) atoms. The molecule has 0 atom stereocenters. The van der Waals surface area contributed by atoms with Crippen LogP contribution in [0.15, 0.2) is 48.5 Å². The maximum atomic E-state index is 12.2. The minimum Gasteiger partial charge on any atom is -0.494 e. The Labute approximate surface area is 168 Å². The van der Waals surface area contributed by atoms with E-state index in [0.29, 0.717) is 28.6 Å². The van der Waals surface area contributed by atoms with Crippen LogP contribution in [0.4, 0.5) is 5.69 Å². The Morgan fingerprint density at radius 3 is 2.39 bits per heavy atom. The zero-order chi connectivity index (χ0) is 20.5. The first-order chi connectivity index (χ1) is 13.4. The largest absolute Gasteiger partial charge is 0.494 e. The van der Waals surface area contributed by atoms with E-state index >= 15 is 0 Å². The summed E-state index contributed by atoms with van der Waals surface area (Å²) in [6.07, 6.45) is 0. The SMILES string of the molecule is CCOc1ccc(C(=O)NCC(=O)N(C)CC(=O)Nc2ccccc2Cl)cc1. The molecule has 0 aliphatic heterocycles. The van der Waals surface area contributed by atoms with Crippen LogP contribution < -0.4 is 15.4 Å². The van der Waals surface area contributed by atoms with Crippen LogP contribution in [0.3, 0.4) is 0 Å². The van der Waals surface area contributed by atoms with E-state index in [1.165, 1.54) is 11.9 Å². The summed E-state index contributed by atoms with van der Waals surface area (Å²) in [4.78, 5) is 37.6. The lowest BCUT2D eigenvalue weighted by molar-refractivity contribution is -0.132. The molecule has 0 fully saturated rings. The molecule has 3 amide bonds. The molecule has 0 aliphatic rings. The fourth-order valence-corrected chi connectivity index (χ4v) is 2.50. The number of hydrogen-bond donors (Lipinski definition) is 2. The number of ether oxygens (including phenoxy) is 1. The Hall–Kier alpha value is -3.06. The molecular weight excluding hydrogens is 382 g/mol. The molecule has 2 rings (SSSR count). The summed E-state index contributed by atoms with van der Waals surface area (Å²) in [6.45, 7) is 2.03. The Morgan fingerprint density at radius 2 is 1.75 bits per heavy atom. The summed E-state index contributed by atoms with van der Waals surface area (Å²) >= 11 is 5.99. The van der Waals surface area contributed by atoms with Crippen molar-refractivity contribution in [3.63, 3.8) is 0 Å². The smallest absolute Gasteiger partial charge is 0.251 e. The van der Waals surface area contributed by atoms with Gasteiger partial charge in [0.1, 0.15) is 5.75 Å². The van der Waals surface area contributed by atoms with Crippen molar-refractivity contribution in [2.75, 3.05) is 32.1 Å². The van der Waals surface area contributed by atoms with Gasteiger partial charge in [-0.15, -0.1) is 0 Å². The van der Waals surface area contributed by atoms with Gasteiger partial charge < -0.3 is 20.3 Å². The molecule has 0 radical (unpaired) electrons. The first kappa shape index (κ1) is 21.2. The second-order valence-corrected chi connectivity index (χ2v) is 6.33. The van der Waals surface area contributed by atoms with Gasteiger partial charge in [0.25, 0.3) is 5.91 Å². The number of anilines is 1. The average Bonchev–Trinajstić information content (AvgIpc) is 2.68. The molecule has 0 aromatic heterocycles. The van der Waals surface area contributed by atoms with E-state index in [0.717, 1.165) is 0 Å². The first-order valence-corrected chi connectivity index (χ1v) is 9.08. The Kier molecular flexibility index (Phi) is 7.83. The predicted molar refractivity (Wildman–Crippen MR) is 108 cm³/mol. The molecule has 8 heteroatoms. The summed E-state index contributed by atoms with van der Waals surface area (Å²) in [5.41, 5.74) is 0.884. The highest BCUT2D eigenvalue weighted by atomic mass is 35.5. The molecule has 0 unspecified atom stereocenters. The number of para-hydroxylation sites is 1. The zero-order valence-electron chi connectivity index (χ0n) is 15.7. The van der Waals surface area contributed by atoms with Crippen LogP contribution in [0.1, 0.15) is 17.3 Å². The fraction of sp³-hybridized carbons (Fsp3) is 0.250. The third kappa shape index (κ3) is 6.28. The second kappa shape index (κ2) is 10.3. The molecule has 7 nitrogen and oxygen atoms in total. The topological polar surface area (TPSA) is 87.7 Å². The lowest BCUT2D eigenvalue weighted by Gasteiger charge is -2.17. The van der Waals surface area contributed by atoms with Gasteiger partial charge >= 0.3 is 0 Å². The van der Waals surface area contributed by atoms with E-state index in [1.54, 1.807) is 48.5 Å². The van der Waals surface area contributed by atoms with Gasteiger partial charge in [-0.05, 0) is 43.3 Å². The fourth-order valence-electron chi connectivity index (χ4n) is 2.32. The van der Waals surface area contributed by atoms with Crippen LogP contribution >= 0.6 is 11.6 Å². The van der Waals surface area contributed by atoms with E-state index < -0.39 is 5.91 Å². The van der Waals surface area contributed by atoms with Crippen molar-refractivity contribution in [1.29, 1.82) is 0 Å². The maximum absolute atomic E-state index is 12.2. The predicted octanol–water partition coefficient (Wildman–Crippen LogP) is 2.57. The van der Waals surface area contributed by atoms with Gasteiger partial charge in [0.15, 0.2) is 0 Å². The van der Waals surface area contributed by atoms with Crippen LogP contribution in [-0.2, 0) is 9.59 Å². The van der Waals surface area contributed by atoms with Crippen molar-refractivity contribution in [1.82, 2.24) is 10.2 Å². The Balaban J connectivity index is 1.80. The summed E-state index contributed by atoms with van der Waals surface area (Å²) in [5.74, 6) is -0.500. The van der Waals surface area contributed by atoms with E-state index in [1.807, 2.05) is 6.92 Å². The molecule has 0 aliphatic carbocycles. The molecule has 0 heterocycles. The quantitative estimate of drug-likeness (QED) is 0.709. The van der Waals surface area contributed by atoms with Gasteiger partial charge in [-0.25, -0.2) is 0 Å². The van der Waals surface area contributed by atoms with Gasteiger partial charge in [-0.3, -0.25) is 14.4 Å². The van der Waals surface area contributed by atoms with Gasteiger partial charge in [-0.1, -0.05) is 23.7 Å². The molecule has 0 bridgehead atoms. The van der Waals surface area contributed by atoms with Crippen LogP contribution in [-0.4, -0.2) is 49.4 Å². The number of rotatable bonds is 8. The number of carbonyl (C=O) groups is 3. The number of benzene rings is 2. The summed E-state index contributed by atoms with van der Waals surface area (Å²) in [7, 11) is 1.48. The normalized spacial score (nSPS) is 10.1. The molecule has 0 saturated heterocycles. The number of nitrogens with one attached hydrogen (secondary N) is 2. The molecule has 2 aromatic rings. The Morgan fingerprint density at radius 1 is 1.07 bits per heavy atom. The van der Waals surface area contributed by atoms with Gasteiger partial charge in [-0.2, -0.15) is 0 Å². The van der Waals surface area contributed by atoms with Crippen LogP contribution in [0.5, 0.6) is 5.75 Å². The van der Waals surface area contributed by atoms with Crippen molar-refractivity contribution in [2.45, 2.75) is 6.92 Å².